The summed E-state index contributed by atoms with van der Waals surface area (Å²) in [7, 11) is 1.99. The number of carboxylic acids is 1. The molecule has 1 saturated carbocycles. The number of fused-ring (bicyclic) bond motifs is 2. The van der Waals surface area contributed by atoms with E-state index in [0.29, 0.717) is 23.1 Å². The second kappa shape index (κ2) is 8.53. The van der Waals surface area contributed by atoms with Gasteiger partial charge in [0, 0.05) is 24.1 Å². The van der Waals surface area contributed by atoms with Gasteiger partial charge in [-0.3, -0.25) is 9.13 Å². The van der Waals surface area contributed by atoms with Crippen molar-refractivity contribution in [3.63, 3.8) is 0 Å². The molecule has 7 nitrogen and oxygen atoms in total. The Balaban J connectivity index is 1.73. The van der Waals surface area contributed by atoms with Crippen molar-refractivity contribution in [3.8, 4) is 6.07 Å². The Morgan fingerprint density at radius 3 is 2.62 bits per heavy atom. The molecule has 1 aliphatic rings. The first-order chi connectivity index (χ1) is 16.4. The van der Waals surface area contributed by atoms with Crippen molar-refractivity contribution in [1.82, 2.24) is 13.7 Å². The lowest BCUT2D eigenvalue weighted by molar-refractivity contribution is -0.143. The SMILES string of the molecule is Cc1cccc2c1c(Cn1c(=O)n([C@H](C(=O)O)C3CCCCC3)c3cc(C#N)ccc31)cn2C. The fourth-order valence-electron chi connectivity index (χ4n) is 5.77. The maximum absolute atomic E-state index is 13.9. The maximum atomic E-state index is 13.9. The summed E-state index contributed by atoms with van der Waals surface area (Å²) in [5.74, 6) is -1.09. The first kappa shape index (κ1) is 22.0. The normalized spacial score (nSPS) is 15.6. The molecule has 1 aliphatic carbocycles. The third-order valence-corrected chi connectivity index (χ3v) is 7.35. The lowest BCUT2D eigenvalue weighted by Crippen LogP contribution is -2.36. The largest absolute Gasteiger partial charge is 0.480 e. The zero-order valence-electron chi connectivity index (χ0n) is 19.5. The number of nitriles is 1. The highest BCUT2D eigenvalue weighted by atomic mass is 16.4. The molecular formula is C27H28N4O3. The van der Waals surface area contributed by atoms with Gasteiger partial charge in [0.25, 0.3) is 0 Å². The zero-order valence-corrected chi connectivity index (χ0v) is 19.5. The van der Waals surface area contributed by atoms with Crippen LogP contribution < -0.4 is 5.69 Å². The Morgan fingerprint density at radius 1 is 1.15 bits per heavy atom. The highest BCUT2D eigenvalue weighted by molar-refractivity contribution is 5.87. The average molecular weight is 457 g/mol. The van der Waals surface area contributed by atoms with Gasteiger partial charge >= 0.3 is 11.7 Å². The van der Waals surface area contributed by atoms with Gasteiger partial charge < -0.3 is 9.67 Å². The highest BCUT2D eigenvalue weighted by Gasteiger charge is 2.34. The molecule has 0 radical (unpaired) electrons. The molecular weight excluding hydrogens is 428 g/mol. The summed E-state index contributed by atoms with van der Waals surface area (Å²) >= 11 is 0. The molecule has 0 spiro atoms. The molecule has 7 heteroatoms. The van der Waals surface area contributed by atoms with Crippen LogP contribution in [0.2, 0.25) is 0 Å². The number of aryl methyl sites for hydroxylation is 2. The Morgan fingerprint density at radius 2 is 1.91 bits per heavy atom. The van der Waals surface area contributed by atoms with Crippen LogP contribution >= 0.6 is 0 Å². The van der Waals surface area contributed by atoms with E-state index in [1.54, 1.807) is 22.8 Å². The second-order valence-electron chi connectivity index (χ2n) is 9.47. The summed E-state index contributed by atoms with van der Waals surface area (Å²) < 4.78 is 5.15. The number of nitrogens with zero attached hydrogens (tertiary/aromatic N) is 4. The first-order valence-corrected chi connectivity index (χ1v) is 11.8. The molecule has 1 fully saturated rings. The monoisotopic (exact) mass is 456 g/mol. The first-order valence-electron chi connectivity index (χ1n) is 11.8. The predicted molar refractivity (Wildman–Crippen MR) is 131 cm³/mol. The second-order valence-corrected chi connectivity index (χ2v) is 9.47. The number of carboxylic acid groups (broad SMARTS) is 1. The van der Waals surface area contributed by atoms with E-state index < -0.39 is 12.0 Å². The van der Waals surface area contributed by atoms with Crippen molar-refractivity contribution in [3.05, 3.63) is 69.8 Å². The van der Waals surface area contributed by atoms with Crippen LogP contribution in [0.25, 0.3) is 21.9 Å². The quantitative estimate of drug-likeness (QED) is 0.470. The molecule has 0 aliphatic heterocycles. The van der Waals surface area contributed by atoms with Crippen LogP contribution in [0.15, 0.2) is 47.4 Å². The molecule has 4 aromatic rings. The molecule has 0 amide bonds. The zero-order chi connectivity index (χ0) is 24.0. The van der Waals surface area contributed by atoms with Crippen molar-refractivity contribution in [2.45, 2.75) is 51.6 Å². The van der Waals surface area contributed by atoms with E-state index in [0.717, 1.165) is 54.1 Å². The number of carbonyl (C=O) groups is 1. The number of imidazole rings is 1. The van der Waals surface area contributed by atoms with Gasteiger partial charge in [-0.05, 0) is 61.1 Å². The van der Waals surface area contributed by atoms with Gasteiger partial charge in [-0.15, -0.1) is 0 Å². The van der Waals surface area contributed by atoms with Crippen LogP contribution in [0.1, 0.15) is 54.8 Å². The fraction of sp³-hybridized carbons (Fsp3) is 0.370. The van der Waals surface area contributed by atoms with E-state index in [2.05, 4.69) is 29.7 Å². The minimum absolute atomic E-state index is 0.103. The van der Waals surface area contributed by atoms with E-state index >= 15 is 0 Å². The van der Waals surface area contributed by atoms with Crippen LogP contribution in [0.5, 0.6) is 0 Å². The number of benzene rings is 2. The standard InChI is InChI=1S/C27H28N4O3/c1-17-7-6-10-22-24(17)20(15-29(22)2)16-30-21-12-11-18(14-28)13-23(21)31(27(30)34)25(26(32)33)19-8-4-3-5-9-19/h6-7,10-13,15,19,25H,3-5,8-9,16H2,1-2H3,(H,32,33)/t25-/m0/s1. The van der Waals surface area contributed by atoms with Crippen molar-refractivity contribution in [2.75, 3.05) is 0 Å². The summed E-state index contributed by atoms with van der Waals surface area (Å²) in [6.07, 6.45) is 6.65. The number of aromatic nitrogens is 3. The molecule has 0 bridgehead atoms. The van der Waals surface area contributed by atoms with E-state index in [1.165, 1.54) is 4.57 Å². The molecule has 1 N–H and O–H groups in total. The van der Waals surface area contributed by atoms with Crippen LogP contribution in [0.3, 0.4) is 0 Å². The maximum Gasteiger partial charge on any atom is 0.330 e. The van der Waals surface area contributed by atoms with Gasteiger partial charge in [-0.2, -0.15) is 5.26 Å². The van der Waals surface area contributed by atoms with Crippen LogP contribution in [-0.4, -0.2) is 24.8 Å². The minimum Gasteiger partial charge on any atom is -0.480 e. The number of rotatable bonds is 5. The molecule has 174 valence electrons. The molecule has 0 saturated heterocycles. The predicted octanol–water partition coefficient (Wildman–Crippen LogP) is 4.73. The van der Waals surface area contributed by atoms with Crippen molar-refractivity contribution < 1.29 is 9.90 Å². The molecule has 2 heterocycles. The van der Waals surface area contributed by atoms with E-state index in [1.807, 2.05) is 19.3 Å². The van der Waals surface area contributed by atoms with E-state index in [-0.39, 0.29) is 11.6 Å². The Labute approximate surface area is 197 Å². The molecule has 2 aromatic carbocycles. The highest BCUT2D eigenvalue weighted by Crippen LogP contribution is 2.35. The average Bonchev–Trinajstić information content (AvgIpc) is 3.29. The van der Waals surface area contributed by atoms with E-state index in [4.69, 9.17) is 0 Å². The molecule has 1 atom stereocenters. The Kier molecular flexibility index (Phi) is 5.52. The number of aliphatic carboxylic acids is 1. The lowest BCUT2D eigenvalue weighted by Gasteiger charge is -2.28. The third-order valence-electron chi connectivity index (χ3n) is 7.35. The fourth-order valence-corrected chi connectivity index (χ4v) is 5.77. The van der Waals surface area contributed by atoms with Crippen LogP contribution in [0, 0.1) is 24.2 Å². The Bertz CT molecular complexity index is 1510. The van der Waals surface area contributed by atoms with Gasteiger partial charge in [-0.25, -0.2) is 9.59 Å². The summed E-state index contributed by atoms with van der Waals surface area (Å²) in [6.45, 7) is 2.38. The summed E-state index contributed by atoms with van der Waals surface area (Å²) in [4.78, 5) is 26.4. The summed E-state index contributed by atoms with van der Waals surface area (Å²) in [6, 6.07) is 12.4. The smallest absolute Gasteiger partial charge is 0.330 e. The molecule has 34 heavy (non-hydrogen) atoms. The topological polar surface area (TPSA) is 93.0 Å². The van der Waals surface area contributed by atoms with Crippen LogP contribution in [-0.2, 0) is 18.4 Å². The minimum atomic E-state index is -0.989. The van der Waals surface area contributed by atoms with Gasteiger partial charge in [0.15, 0.2) is 0 Å². The third kappa shape index (κ3) is 3.50. The van der Waals surface area contributed by atoms with Gasteiger partial charge in [0.1, 0.15) is 6.04 Å². The molecule has 2 aromatic heterocycles. The number of hydrogen-bond acceptors (Lipinski definition) is 3. The van der Waals surface area contributed by atoms with Crippen molar-refractivity contribution in [1.29, 1.82) is 5.26 Å². The summed E-state index contributed by atoms with van der Waals surface area (Å²) in [5.41, 5.74) is 4.45. The molecule has 5 rings (SSSR count). The van der Waals surface area contributed by atoms with Gasteiger partial charge in [-0.1, -0.05) is 31.4 Å². The van der Waals surface area contributed by atoms with Gasteiger partial charge in [0.05, 0.1) is 29.2 Å². The van der Waals surface area contributed by atoms with E-state index in [9.17, 15) is 20.0 Å². The molecule has 0 unspecified atom stereocenters. The van der Waals surface area contributed by atoms with Gasteiger partial charge in [0.2, 0.25) is 0 Å². The van der Waals surface area contributed by atoms with Crippen LogP contribution in [0.4, 0.5) is 0 Å². The van der Waals surface area contributed by atoms with Crippen molar-refractivity contribution in [2.24, 2.45) is 13.0 Å². The lowest BCUT2D eigenvalue weighted by atomic mass is 9.83. The Hall–Kier alpha value is -3.79. The summed E-state index contributed by atoms with van der Waals surface area (Å²) in [5, 5.41) is 20.8. The number of hydrogen-bond donors (Lipinski definition) is 1. The van der Waals surface area contributed by atoms with Crippen molar-refractivity contribution >= 4 is 27.9 Å².